The second-order valence-corrected chi connectivity index (χ2v) is 3.89. The molecule has 0 amide bonds. The summed E-state index contributed by atoms with van der Waals surface area (Å²) in [5, 5.41) is 0.208. The van der Waals surface area contributed by atoms with Gasteiger partial charge in [0, 0.05) is 0 Å². The molecule has 0 fully saturated rings. The predicted molar refractivity (Wildman–Crippen MR) is 70.8 cm³/mol. The minimum absolute atomic E-state index is 0.208. The van der Waals surface area contributed by atoms with E-state index in [4.69, 9.17) is 5.73 Å². The lowest BCUT2D eigenvalue weighted by molar-refractivity contribution is 0.634. The third-order valence-corrected chi connectivity index (χ3v) is 2.28. The molecule has 17 heavy (non-hydrogen) atoms. The van der Waals surface area contributed by atoms with E-state index in [-0.39, 0.29) is 5.11 Å². The van der Waals surface area contributed by atoms with Crippen molar-refractivity contribution in [1.29, 1.82) is 0 Å². The average molecular weight is 247 g/mol. The van der Waals surface area contributed by atoms with Gasteiger partial charge in [0.15, 0.2) is 5.11 Å². The quantitative estimate of drug-likeness (QED) is 0.477. The summed E-state index contributed by atoms with van der Waals surface area (Å²) in [5.74, 6) is 0.813. The third kappa shape index (κ3) is 3.27. The number of rotatable bonds is 4. The summed E-state index contributed by atoms with van der Waals surface area (Å²) in [6, 6.07) is 10.0. The Bertz CT molecular complexity index is 494. The smallest absolute Gasteiger partial charge is 0.178 e. The first kappa shape index (κ1) is 11.6. The second-order valence-electron chi connectivity index (χ2n) is 3.45. The van der Waals surface area contributed by atoms with E-state index in [0.717, 1.165) is 17.1 Å². The zero-order chi connectivity index (χ0) is 12.1. The van der Waals surface area contributed by atoms with Crippen molar-refractivity contribution >= 4 is 17.3 Å². The Morgan fingerprint density at radius 3 is 2.82 bits per heavy atom. The number of hydrogen-bond acceptors (Lipinski definition) is 3. The van der Waals surface area contributed by atoms with Gasteiger partial charge in [-0.15, -0.1) is 0 Å². The van der Waals surface area contributed by atoms with Crippen LogP contribution >= 0.6 is 12.2 Å². The Morgan fingerprint density at radius 2 is 2.12 bits per heavy atom. The van der Waals surface area contributed by atoms with Gasteiger partial charge in [-0.25, -0.2) is 10.4 Å². The van der Waals surface area contributed by atoms with E-state index in [1.54, 1.807) is 6.20 Å². The zero-order valence-corrected chi connectivity index (χ0v) is 9.92. The van der Waals surface area contributed by atoms with Crippen molar-refractivity contribution in [2.75, 3.05) is 0 Å². The van der Waals surface area contributed by atoms with Crippen LogP contribution in [0.2, 0.25) is 0 Å². The fraction of sp³-hybridized carbons (Fsp3) is 0.0909. The summed E-state index contributed by atoms with van der Waals surface area (Å²) in [6.45, 7) is 0.518. The largest absolute Gasteiger partial charge is 0.375 e. The van der Waals surface area contributed by atoms with Crippen LogP contribution in [0.4, 0.5) is 0 Å². The Hall–Kier alpha value is -1.92. The SMILES string of the molecule is NC(=S)NNCc1ncc(-c2ccccc2)[nH]1. The number of H-pyrrole nitrogens is 1. The first-order valence-electron chi connectivity index (χ1n) is 5.13. The minimum atomic E-state index is 0.208. The highest BCUT2D eigenvalue weighted by atomic mass is 32.1. The molecule has 0 bridgehead atoms. The highest BCUT2D eigenvalue weighted by Gasteiger charge is 2.01. The second kappa shape index (κ2) is 5.42. The van der Waals surface area contributed by atoms with E-state index >= 15 is 0 Å². The number of aromatic amines is 1. The molecule has 0 aliphatic heterocycles. The van der Waals surface area contributed by atoms with Gasteiger partial charge >= 0.3 is 0 Å². The van der Waals surface area contributed by atoms with E-state index in [2.05, 4.69) is 33.0 Å². The number of nitrogens with one attached hydrogen (secondary N) is 3. The fourth-order valence-electron chi connectivity index (χ4n) is 1.43. The van der Waals surface area contributed by atoms with Crippen molar-refractivity contribution < 1.29 is 0 Å². The van der Waals surface area contributed by atoms with Crippen LogP contribution in [-0.2, 0) is 6.54 Å². The molecule has 0 spiro atoms. The summed E-state index contributed by atoms with van der Waals surface area (Å²) in [5.41, 5.74) is 12.9. The maximum absolute atomic E-state index is 5.28. The molecule has 2 aromatic rings. The van der Waals surface area contributed by atoms with Crippen LogP contribution in [-0.4, -0.2) is 15.1 Å². The summed E-state index contributed by atoms with van der Waals surface area (Å²) >= 11 is 4.67. The first-order chi connectivity index (χ1) is 8.25. The number of hydrogen-bond donors (Lipinski definition) is 4. The van der Waals surface area contributed by atoms with Gasteiger partial charge in [-0.3, -0.25) is 5.43 Å². The van der Waals surface area contributed by atoms with Crippen molar-refractivity contribution in [2.45, 2.75) is 6.54 Å². The topological polar surface area (TPSA) is 78.8 Å². The number of aromatic nitrogens is 2. The van der Waals surface area contributed by atoms with E-state index < -0.39 is 0 Å². The summed E-state index contributed by atoms with van der Waals surface area (Å²) in [7, 11) is 0. The third-order valence-electron chi connectivity index (χ3n) is 2.18. The summed E-state index contributed by atoms with van der Waals surface area (Å²) in [4.78, 5) is 7.45. The van der Waals surface area contributed by atoms with E-state index in [1.165, 1.54) is 0 Å². The Balaban J connectivity index is 1.99. The molecule has 0 saturated heterocycles. The Kier molecular flexibility index (Phi) is 3.69. The van der Waals surface area contributed by atoms with Gasteiger partial charge in [-0.2, -0.15) is 0 Å². The van der Waals surface area contributed by atoms with E-state index in [0.29, 0.717) is 6.54 Å². The predicted octanol–water partition coefficient (Wildman–Crippen LogP) is 0.915. The molecule has 1 aromatic carbocycles. The molecule has 88 valence electrons. The van der Waals surface area contributed by atoms with Crippen molar-refractivity contribution in [2.24, 2.45) is 5.73 Å². The number of thiocarbonyl (C=S) groups is 1. The number of benzene rings is 1. The molecule has 6 heteroatoms. The van der Waals surface area contributed by atoms with E-state index in [1.807, 2.05) is 30.3 Å². The number of hydrazine groups is 1. The molecule has 5 nitrogen and oxygen atoms in total. The van der Waals surface area contributed by atoms with Gasteiger partial charge in [0.05, 0.1) is 18.4 Å². The molecule has 0 unspecified atom stereocenters. The summed E-state index contributed by atoms with van der Waals surface area (Å²) < 4.78 is 0. The van der Waals surface area contributed by atoms with Crippen LogP contribution in [0.1, 0.15) is 5.82 Å². The molecule has 0 saturated carbocycles. The van der Waals surface area contributed by atoms with Gasteiger partial charge in [0.25, 0.3) is 0 Å². The maximum atomic E-state index is 5.28. The van der Waals surface area contributed by atoms with Crippen LogP contribution in [0, 0.1) is 0 Å². The summed E-state index contributed by atoms with van der Waals surface area (Å²) in [6.07, 6.45) is 1.80. The Labute approximate surface area is 104 Å². The van der Waals surface area contributed by atoms with Gasteiger partial charge in [0.1, 0.15) is 5.82 Å². The van der Waals surface area contributed by atoms with Crippen LogP contribution < -0.4 is 16.6 Å². The average Bonchev–Trinajstić information content (AvgIpc) is 2.78. The monoisotopic (exact) mass is 247 g/mol. The Morgan fingerprint density at radius 1 is 1.35 bits per heavy atom. The number of imidazole rings is 1. The molecular weight excluding hydrogens is 234 g/mol. The molecular formula is C11H13N5S. The van der Waals surface area contributed by atoms with Crippen molar-refractivity contribution in [3.05, 3.63) is 42.4 Å². The zero-order valence-electron chi connectivity index (χ0n) is 9.10. The van der Waals surface area contributed by atoms with Gasteiger partial charge in [-0.05, 0) is 17.8 Å². The molecule has 0 aliphatic carbocycles. The van der Waals surface area contributed by atoms with Gasteiger partial charge < -0.3 is 10.7 Å². The standard InChI is InChI=1S/C11H13N5S/c12-11(17)16-14-7-10-13-6-9(15-10)8-4-2-1-3-5-8/h1-6,14H,7H2,(H,13,15)(H3,12,16,17). The number of nitrogens with zero attached hydrogens (tertiary/aromatic N) is 1. The highest BCUT2D eigenvalue weighted by molar-refractivity contribution is 7.80. The number of nitrogens with two attached hydrogens (primary N) is 1. The van der Waals surface area contributed by atoms with Gasteiger partial charge in [-0.1, -0.05) is 30.3 Å². The molecule has 1 heterocycles. The minimum Gasteiger partial charge on any atom is -0.375 e. The van der Waals surface area contributed by atoms with Crippen LogP contribution in [0.3, 0.4) is 0 Å². The van der Waals surface area contributed by atoms with Crippen LogP contribution in [0.25, 0.3) is 11.3 Å². The molecule has 5 N–H and O–H groups in total. The molecule has 0 atom stereocenters. The molecule has 0 aliphatic rings. The van der Waals surface area contributed by atoms with Crippen molar-refractivity contribution in [1.82, 2.24) is 20.8 Å². The normalized spacial score (nSPS) is 10.1. The highest BCUT2D eigenvalue weighted by Crippen LogP contribution is 2.15. The lowest BCUT2D eigenvalue weighted by Gasteiger charge is -2.03. The molecule has 2 rings (SSSR count). The van der Waals surface area contributed by atoms with Crippen molar-refractivity contribution in [3.63, 3.8) is 0 Å². The lowest BCUT2D eigenvalue weighted by atomic mass is 10.2. The first-order valence-corrected chi connectivity index (χ1v) is 5.54. The van der Waals surface area contributed by atoms with Crippen molar-refractivity contribution in [3.8, 4) is 11.3 Å². The fourth-order valence-corrected chi connectivity index (χ4v) is 1.50. The van der Waals surface area contributed by atoms with Crippen LogP contribution in [0.5, 0.6) is 0 Å². The van der Waals surface area contributed by atoms with E-state index in [9.17, 15) is 0 Å². The maximum Gasteiger partial charge on any atom is 0.178 e. The van der Waals surface area contributed by atoms with Gasteiger partial charge in [0.2, 0.25) is 0 Å². The van der Waals surface area contributed by atoms with Crippen LogP contribution in [0.15, 0.2) is 36.5 Å². The lowest BCUT2D eigenvalue weighted by Crippen LogP contribution is -2.40. The molecule has 1 aromatic heterocycles. The molecule has 0 radical (unpaired) electrons.